The molecular formula is C17H15F3N8O2S. The Bertz CT molecular complexity index is 1100. The number of nitrogens with one attached hydrogen (secondary N) is 3. The van der Waals surface area contributed by atoms with Crippen molar-refractivity contribution in [2.24, 2.45) is 5.84 Å². The predicted molar refractivity (Wildman–Crippen MR) is 106 cm³/mol. The van der Waals surface area contributed by atoms with Crippen LogP contribution in [0.15, 0.2) is 30.0 Å². The number of alkyl halides is 3. The lowest BCUT2D eigenvalue weighted by Gasteiger charge is -2.11. The van der Waals surface area contributed by atoms with Crippen molar-refractivity contribution >= 4 is 29.1 Å². The van der Waals surface area contributed by atoms with Crippen LogP contribution in [0.2, 0.25) is 0 Å². The van der Waals surface area contributed by atoms with Crippen LogP contribution in [-0.4, -0.2) is 38.4 Å². The second-order valence-electron chi connectivity index (χ2n) is 5.90. The minimum absolute atomic E-state index is 0.0363. The quantitative estimate of drug-likeness (QED) is 0.264. The molecule has 0 aliphatic carbocycles. The summed E-state index contributed by atoms with van der Waals surface area (Å²) in [6.45, 7) is 2.10. The highest BCUT2D eigenvalue weighted by molar-refractivity contribution is 7.13. The van der Waals surface area contributed by atoms with Gasteiger partial charge in [0.2, 0.25) is 0 Å². The van der Waals surface area contributed by atoms with E-state index in [4.69, 9.17) is 5.84 Å². The van der Waals surface area contributed by atoms with E-state index in [0.29, 0.717) is 12.1 Å². The third-order valence-electron chi connectivity index (χ3n) is 3.80. The number of anilines is 1. The van der Waals surface area contributed by atoms with Crippen LogP contribution >= 0.6 is 11.3 Å². The van der Waals surface area contributed by atoms with E-state index in [-0.39, 0.29) is 27.8 Å². The van der Waals surface area contributed by atoms with Crippen LogP contribution in [0.4, 0.5) is 23.8 Å². The van der Waals surface area contributed by atoms with Crippen molar-refractivity contribution in [1.82, 2.24) is 30.7 Å². The number of hydrogen-bond donors (Lipinski definition) is 4. The summed E-state index contributed by atoms with van der Waals surface area (Å²) in [7, 11) is 0. The molecule has 0 atom stereocenters. The van der Waals surface area contributed by atoms with Gasteiger partial charge in [-0.05, 0) is 13.0 Å². The molecule has 3 rings (SSSR count). The van der Waals surface area contributed by atoms with Crippen LogP contribution in [-0.2, 0) is 6.18 Å². The van der Waals surface area contributed by atoms with Gasteiger partial charge in [-0.25, -0.2) is 25.6 Å². The highest BCUT2D eigenvalue weighted by Gasteiger charge is 2.34. The number of nitrogens with two attached hydrogens (primary N) is 1. The third kappa shape index (κ3) is 5.10. The molecule has 3 aromatic heterocycles. The van der Waals surface area contributed by atoms with E-state index >= 15 is 0 Å². The molecule has 0 spiro atoms. The maximum atomic E-state index is 13.0. The number of hydrogen-bond acceptors (Lipinski definition) is 8. The molecule has 5 N–H and O–H groups in total. The van der Waals surface area contributed by atoms with Crippen LogP contribution < -0.4 is 21.9 Å². The van der Waals surface area contributed by atoms with Crippen molar-refractivity contribution in [2.45, 2.75) is 13.1 Å². The summed E-state index contributed by atoms with van der Waals surface area (Å²) in [6, 6.07) is 0.854. The maximum Gasteiger partial charge on any atom is 0.434 e. The molecule has 0 saturated heterocycles. The van der Waals surface area contributed by atoms with Gasteiger partial charge in [0.05, 0.1) is 18.1 Å². The Morgan fingerprint density at radius 3 is 2.48 bits per heavy atom. The zero-order chi connectivity index (χ0) is 22.6. The molecule has 14 heteroatoms. The lowest BCUT2D eigenvalue weighted by molar-refractivity contribution is -0.140. The number of hydrazine groups is 1. The van der Waals surface area contributed by atoms with E-state index in [9.17, 15) is 22.8 Å². The van der Waals surface area contributed by atoms with Crippen LogP contribution in [0.5, 0.6) is 0 Å². The number of carbonyl (C=O) groups excluding carboxylic acids is 2. The fraction of sp³-hybridized carbons (Fsp3) is 0.176. The molecule has 162 valence electrons. The van der Waals surface area contributed by atoms with Gasteiger partial charge in [-0.3, -0.25) is 20.5 Å². The highest BCUT2D eigenvalue weighted by atomic mass is 32.1. The molecule has 0 aliphatic rings. The minimum Gasteiger partial charge on any atom is -0.338 e. The van der Waals surface area contributed by atoms with Crippen LogP contribution in [0.25, 0.3) is 21.8 Å². The van der Waals surface area contributed by atoms with E-state index in [2.05, 4.69) is 30.6 Å². The number of thiazole rings is 1. The zero-order valence-electron chi connectivity index (χ0n) is 15.8. The van der Waals surface area contributed by atoms with E-state index in [1.54, 1.807) is 6.92 Å². The SMILES string of the molecule is CCNC(=O)Nc1cc(-c2nc(C(F)(F)F)cs2)c(-c2cnc(C(=O)NN)cn2)cn1. The van der Waals surface area contributed by atoms with Gasteiger partial charge in [0, 0.05) is 29.2 Å². The Balaban J connectivity index is 2.06. The van der Waals surface area contributed by atoms with E-state index < -0.39 is 23.8 Å². The Morgan fingerprint density at radius 1 is 1.13 bits per heavy atom. The monoisotopic (exact) mass is 452 g/mol. The molecule has 3 heterocycles. The number of halogens is 3. The molecule has 0 aliphatic heterocycles. The smallest absolute Gasteiger partial charge is 0.338 e. The van der Waals surface area contributed by atoms with E-state index in [1.807, 2.05) is 5.43 Å². The Kier molecular flexibility index (Phi) is 6.41. The Labute approximate surface area is 177 Å². The number of amides is 3. The molecule has 0 fully saturated rings. The first-order valence-corrected chi connectivity index (χ1v) is 9.52. The van der Waals surface area contributed by atoms with Gasteiger partial charge in [0.25, 0.3) is 5.91 Å². The standard InChI is InChI=1S/C17H15F3N8O2S/c1-2-22-16(30)27-13-3-8(15-26-12(7-31-15)17(18,19)20)9(4-25-13)10-5-24-11(6-23-10)14(29)28-21/h3-7H,2,21H2,1H3,(H,28,29)(H2,22,25,27,30). The summed E-state index contributed by atoms with van der Waals surface area (Å²) in [5.74, 6) is 4.49. The van der Waals surface area contributed by atoms with Gasteiger partial charge in [-0.1, -0.05) is 0 Å². The van der Waals surface area contributed by atoms with E-state index in [1.165, 1.54) is 18.5 Å². The predicted octanol–water partition coefficient (Wildman–Crippen LogP) is 2.43. The Hall–Kier alpha value is -3.65. The zero-order valence-corrected chi connectivity index (χ0v) is 16.6. The van der Waals surface area contributed by atoms with Crippen molar-refractivity contribution in [3.05, 3.63) is 41.4 Å². The third-order valence-corrected chi connectivity index (χ3v) is 4.68. The second-order valence-corrected chi connectivity index (χ2v) is 6.75. The molecule has 31 heavy (non-hydrogen) atoms. The first kappa shape index (κ1) is 22.0. The molecule has 0 bridgehead atoms. The van der Waals surface area contributed by atoms with Crippen molar-refractivity contribution in [3.8, 4) is 21.8 Å². The highest BCUT2D eigenvalue weighted by Crippen LogP contribution is 2.37. The summed E-state index contributed by atoms with van der Waals surface area (Å²) in [5, 5.41) is 5.94. The average molecular weight is 452 g/mol. The van der Waals surface area contributed by atoms with Gasteiger partial charge in [-0.2, -0.15) is 13.2 Å². The van der Waals surface area contributed by atoms with Gasteiger partial charge < -0.3 is 5.32 Å². The van der Waals surface area contributed by atoms with Crippen molar-refractivity contribution in [3.63, 3.8) is 0 Å². The summed E-state index contributed by atoms with van der Waals surface area (Å²) in [5.41, 5.74) is 1.59. The molecule has 0 unspecified atom stereocenters. The molecule has 3 aromatic rings. The fourth-order valence-electron chi connectivity index (χ4n) is 2.41. The lowest BCUT2D eigenvalue weighted by Crippen LogP contribution is -2.30. The number of pyridine rings is 1. The van der Waals surface area contributed by atoms with Crippen molar-refractivity contribution < 1.29 is 22.8 Å². The second kappa shape index (κ2) is 9.01. The topological polar surface area (TPSA) is 148 Å². The summed E-state index contributed by atoms with van der Waals surface area (Å²) >= 11 is 0.772. The van der Waals surface area contributed by atoms with Crippen LogP contribution in [0, 0.1) is 0 Å². The average Bonchev–Trinajstić information content (AvgIpc) is 3.24. The van der Waals surface area contributed by atoms with Gasteiger partial charge in [-0.15, -0.1) is 11.3 Å². The molecule has 0 radical (unpaired) electrons. The number of carbonyl (C=O) groups is 2. The summed E-state index contributed by atoms with van der Waals surface area (Å²) in [4.78, 5) is 39.1. The van der Waals surface area contributed by atoms with Gasteiger partial charge in [0.1, 0.15) is 16.5 Å². The largest absolute Gasteiger partial charge is 0.434 e. The Morgan fingerprint density at radius 2 is 1.90 bits per heavy atom. The number of aromatic nitrogens is 4. The number of urea groups is 1. The fourth-order valence-corrected chi connectivity index (χ4v) is 3.27. The molecular weight excluding hydrogens is 437 g/mol. The maximum absolute atomic E-state index is 13.0. The van der Waals surface area contributed by atoms with Crippen LogP contribution in [0.1, 0.15) is 23.1 Å². The van der Waals surface area contributed by atoms with Crippen molar-refractivity contribution in [2.75, 3.05) is 11.9 Å². The van der Waals surface area contributed by atoms with Crippen molar-refractivity contribution in [1.29, 1.82) is 0 Å². The van der Waals surface area contributed by atoms with E-state index in [0.717, 1.165) is 22.9 Å². The van der Waals surface area contributed by atoms with Crippen LogP contribution in [0.3, 0.4) is 0 Å². The number of nitrogens with zero attached hydrogens (tertiary/aromatic N) is 4. The summed E-state index contributed by atoms with van der Waals surface area (Å²) < 4.78 is 39.1. The first-order valence-electron chi connectivity index (χ1n) is 8.64. The number of rotatable bonds is 5. The molecule has 0 aromatic carbocycles. The lowest BCUT2D eigenvalue weighted by atomic mass is 10.1. The molecule has 3 amide bonds. The first-order chi connectivity index (χ1) is 14.7. The van der Waals surface area contributed by atoms with Gasteiger partial charge in [0.15, 0.2) is 5.69 Å². The van der Waals surface area contributed by atoms with Gasteiger partial charge >= 0.3 is 12.2 Å². The minimum atomic E-state index is -4.61. The summed E-state index contributed by atoms with van der Waals surface area (Å²) in [6.07, 6.45) is -0.884. The molecule has 0 saturated carbocycles. The molecule has 10 nitrogen and oxygen atoms in total. The normalized spacial score (nSPS) is 11.1. The number of nitrogen functional groups attached to an aromatic ring is 1.